The Bertz CT molecular complexity index is 1420. The molecule has 1 aromatic heterocycles. The number of halogens is 1. The number of pyridine rings is 1. The molecule has 1 unspecified atom stereocenters. The summed E-state index contributed by atoms with van der Waals surface area (Å²) in [5, 5.41) is 11.3. The lowest BCUT2D eigenvalue weighted by Crippen LogP contribution is -2.21. The van der Waals surface area contributed by atoms with Crippen molar-refractivity contribution >= 4 is 17.0 Å². The van der Waals surface area contributed by atoms with E-state index in [0.717, 1.165) is 79.4 Å². The molecule has 0 amide bonds. The maximum Gasteiger partial charge on any atom is 0.259 e. The second-order valence-electron chi connectivity index (χ2n) is 11.8. The van der Waals surface area contributed by atoms with Crippen molar-refractivity contribution in [2.24, 2.45) is 0 Å². The lowest BCUT2D eigenvalue weighted by atomic mass is 9.80. The highest BCUT2D eigenvalue weighted by atomic mass is 32.2. The van der Waals surface area contributed by atoms with Gasteiger partial charge in [0.05, 0.1) is 17.0 Å². The van der Waals surface area contributed by atoms with Crippen molar-refractivity contribution in [2.75, 3.05) is 4.72 Å². The number of nitrogens with one attached hydrogen (secondary N) is 1. The van der Waals surface area contributed by atoms with E-state index in [-0.39, 0.29) is 11.7 Å². The van der Waals surface area contributed by atoms with Gasteiger partial charge in [-0.1, -0.05) is 25.3 Å². The van der Waals surface area contributed by atoms with Crippen LogP contribution in [0.15, 0.2) is 30.3 Å². The van der Waals surface area contributed by atoms with Gasteiger partial charge in [-0.15, -0.1) is 0 Å². The minimum absolute atomic E-state index is 0.195. The molecule has 2 aliphatic carbocycles. The van der Waals surface area contributed by atoms with E-state index < -0.39 is 16.9 Å². The maximum absolute atomic E-state index is 14.0. The quantitative estimate of drug-likeness (QED) is 0.252. The molecule has 1 fully saturated rings. The fourth-order valence-corrected chi connectivity index (χ4v) is 6.81. The van der Waals surface area contributed by atoms with Crippen molar-refractivity contribution in [3.05, 3.63) is 69.8 Å². The summed E-state index contributed by atoms with van der Waals surface area (Å²) in [5.74, 6) is 1.00. The van der Waals surface area contributed by atoms with Gasteiger partial charge in [0.2, 0.25) is 0 Å². The Morgan fingerprint density at radius 2 is 1.70 bits per heavy atom. The summed E-state index contributed by atoms with van der Waals surface area (Å²) < 4.78 is 45.6. The Kier molecular flexibility index (Phi) is 8.32. The summed E-state index contributed by atoms with van der Waals surface area (Å²) in [6.45, 7) is 7.11. The molecule has 2 aromatic carbocycles. The Balaban J connectivity index is 1.77. The van der Waals surface area contributed by atoms with Gasteiger partial charge < -0.3 is 9.84 Å². The standard InChI is InChI=1S/C32H39FN2O4S/c1-19-16-22(33)17-20(2)31(19)39-23-14-15-26(32(3,4)36)25(18-23)28-24-12-8-9-13-27(24)34-29(30(28)35-40(37)38)21-10-6-5-7-11-21/h14-18,21,35-36H,5-13H2,1-4H3,(H,37,38). The van der Waals surface area contributed by atoms with E-state index in [4.69, 9.17) is 9.72 Å². The van der Waals surface area contributed by atoms with Crippen LogP contribution in [0.3, 0.4) is 0 Å². The number of hydrogen-bond donors (Lipinski definition) is 3. The van der Waals surface area contributed by atoms with Crippen LogP contribution in [-0.4, -0.2) is 18.9 Å². The van der Waals surface area contributed by atoms with Gasteiger partial charge in [-0.25, -0.2) is 8.60 Å². The predicted molar refractivity (Wildman–Crippen MR) is 158 cm³/mol. The molecule has 1 atom stereocenters. The maximum atomic E-state index is 14.0. The van der Waals surface area contributed by atoms with Gasteiger partial charge in [-0.05, 0) is 118 Å². The first-order valence-electron chi connectivity index (χ1n) is 14.3. The van der Waals surface area contributed by atoms with Crippen LogP contribution in [0.2, 0.25) is 0 Å². The van der Waals surface area contributed by atoms with Crippen LogP contribution in [0, 0.1) is 19.7 Å². The number of aliphatic hydroxyl groups is 1. The van der Waals surface area contributed by atoms with Gasteiger partial charge in [0, 0.05) is 17.2 Å². The summed E-state index contributed by atoms with van der Waals surface area (Å²) in [5.41, 5.74) is 5.93. The Hall–Kier alpha value is -2.81. The van der Waals surface area contributed by atoms with Gasteiger partial charge in [-0.3, -0.25) is 14.3 Å². The highest BCUT2D eigenvalue weighted by Crippen LogP contribution is 2.47. The van der Waals surface area contributed by atoms with E-state index >= 15 is 0 Å². The highest BCUT2D eigenvalue weighted by molar-refractivity contribution is 7.80. The number of aryl methyl sites for hydroxylation is 3. The van der Waals surface area contributed by atoms with Crippen LogP contribution in [0.1, 0.15) is 98.4 Å². The number of anilines is 1. The van der Waals surface area contributed by atoms with E-state index in [1.54, 1.807) is 13.8 Å². The predicted octanol–water partition coefficient (Wildman–Crippen LogP) is 8.00. The molecule has 1 saturated carbocycles. The largest absolute Gasteiger partial charge is 0.457 e. The molecule has 8 heteroatoms. The Labute approximate surface area is 238 Å². The number of aromatic nitrogens is 1. The summed E-state index contributed by atoms with van der Waals surface area (Å²) >= 11 is -2.31. The molecule has 3 aromatic rings. The van der Waals surface area contributed by atoms with E-state index in [0.29, 0.717) is 33.9 Å². The molecular formula is C32H39FN2O4S. The van der Waals surface area contributed by atoms with Gasteiger partial charge in [0.1, 0.15) is 17.3 Å². The van der Waals surface area contributed by atoms with Crippen LogP contribution in [0.5, 0.6) is 11.5 Å². The number of ether oxygens (including phenoxy) is 1. The summed E-state index contributed by atoms with van der Waals surface area (Å²) in [7, 11) is 0. The highest BCUT2D eigenvalue weighted by Gasteiger charge is 2.32. The second-order valence-corrected chi connectivity index (χ2v) is 12.5. The van der Waals surface area contributed by atoms with Crippen molar-refractivity contribution in [2.45, 2.75) is 97.0 Å². The average molecular weight is 567 g/mol. The third kappa shape index (κ3) is 5.94. The number of benzene rings is 2. The molecular weight excluding hydrogens is 527 g/mol. The van der Waals surface area contributed by atoms with Crippen molar-refractivity contribution in [1.29, 1.82) is 0 Å². The molecule has 214 valence electrons. The summed E-state index contributed by atoms with van der Waals surface area (Å²) in [6.07, 6.45) is 9.07. The van der Waals surface area contributed by atoms with E-state index in [9.17, 15) is 18.3 Å². The number of rotatable bonds is 7. The molecule has 2 aliphatic rings. The van der Waals surface area contributed by atoms with Crippen molar-refractivity contribution in [3.8, 4) is 22.6 Å². The van der Waals surface area contributed by atoms with Gasteiger partial charge in [0.25, 0.3) is 11.3 Å². The molecule has 40 heavy (non-hydrogen) atoms. The zero-order valence-electron chi connectivity index (χ0n) is 23.8. The zero-order valence-corrected chi connectivity index (χ0v) is 24.6. The number of nitrogens with zero attached hydrogens (tertiary/aromatic N) is 1. The molecule has 0 aliphatic heterocycles. The first kappa shape index (κ1) is 28.7. The third-order valence-corrected chi connectivity index (χ3v) is 8.63. The summed E-state index contributed by atoms with van der Waals surface area (Å²) in [6, 6.07) is 8.46. The van der Waals surface area contributed by atoms with Crippen LogP contribution in [0.4, 0.5) is 10.1 Å². The topological polar surface area (TPSA) is 91.7 Å². The Morgan fingerprint density at radius 3 is 2.35 bits per heavy atom. The number of fused-ring (bicyclic) bond motifs is 1. The molecule has 5 rings (SSSR count). The average Bonchev–Trinajstić information content (AvgIpc) is 2.90. The van der Waals surface area contributed by atoms with Gasteiger partial charge >= 0.3 is 0 Å². The van der Waals surface area contributed by atoms with E-state index in [1.165, 1.54) is 18.6 Å². The molecule has 1 heterocycles. The van der Waals surface area contributed by atoms with Crippen molar-refractivity contribution < 1.29 is 23.0 Å². The monoisotopic (exact) mass is 566 g/mol. The van der Waals surface area contributed by atoms with E-state index in [2.05, 4.69) is 4.72 Å². The SMILES string of the molecule is Cc1cc(F)cc(C)c1Oc1ccc(C(C)(C)O)c(-c2c3c(nc(C4CCCCC4)c2NS(=O)O)CCCC3)c1. The molecule has 6 nitrogen and oxygen atoms in total. The fraction of sp³-hybridized carbons (Fsp3) is 0.469. The smallest absolute Gasteiger partial charge is 0.259 e. The zero-order chi connectivity index (χ0) is 28.6. The van der Waals surface area contributed by atoms with Crippen LogP contribution >= 0.6 is 0 Å². The minimum Gasteiger partial charge on any atom is -0.457 e. The molecule has 0 bridgehead atoms. The fourth-order valence-electron chi connectivity index (χ4n) is 6.43. The molecule has 3 N–H and O–H groups in total. The van der Waals surface area contributed by atoms with Gasteiger partial charge in [-0.2, -0.15) is 0 Å². The second kappa shape index (κ2) is 11.6. The van der Waals surface area contributed by atoms with E-state index in [1.807, 2.05) is 32.0 Å². The van der Waals surface area contributed by atoms with Crippen LogP contribution in [-0.2, 0) is 29.7 Å². The first-order chi connectivity index (χ1) is 19.0. The molecule has 0 saturated heterocycles. The lowest BCUT2D eigenvalue weighted by molar-refractivity contribution is 0.0791. The first-order valence-corrected chi connectivity index (χ1v) is 15.4. The normalized spacial score (nSPS) is 16.9. The molecule has 0 radical (unpaired) electrons. The van der Waals surface area contributed by atoms with Crippen molar-refractivity contribution in [1.82, 2.24) is 4.98 Å². The third-order valence-electron chi connectivity index (χ3n) is 8.25. The lowest BCUT2D eigenvalue weighted by Gasteiger charge is -2.31. The summed E-state index contributed by atoms with van der Waals surface area (Å²) in [4.78, 5) is 5.15. The minimum atomic E-state index is -2.31. The Morgan fingerprint density at radius 1 is 1.02 bits per heavy atom. The van der Waals surface area contributed by atoms with Crippen LogP contribution < -0.4 is 9.46 Å². The van der Waals surface area contributed by atoms with Crippen LogP contribution in [0.25, 0.3) is 11.1 Å². The van der Waals surface area contributed by atoms with Crippen molar-refractivity contribution in [3.63, 3.8) is 0 Å². The number of hydrogen-bond acceptors (Lipinski definition) is 4. The molecule has 0 spiro atoms. The van der Waals surface area contributed by atoms with Gasteiger partial charge in [0.15, 0.2) is 0 Å².